The summed E-state index contributed by atoms with van der Waals surface area (Å²) in [5.41, 5.74) is 3.68. The maximum Gasteiger partial charge on any atom is 0.251 e. The van der Waals surface area contributed by atoms with Crippen molar-refractivity contribution in [3.05, 3.63) is 107 Å². The molecule has 2 atom stereocenters. The number of hydrogen-bond acceptors (Lipinski definition) is 2. The van der Waals surface area contributed by atoms with E-state index in [1.54, 1.807) is 24.3 Å². The van der Waals surface area contributed by atoms with E-state index in [1.807, 2.05) is 36.4 Å². The fourth-order valence-electron chi connectivity index (χ4n) is 3.82. The fraction of sp³-hybridized carbons (Fsp3) is 0.286. The maximum atomic E-state index is 12.4. The van der Waals surface area contributed by atoms with Crippen molar-refractivity contribution in [1.29, 1.82) is 0 Å². The zero-order chi connectivity index (χ0) is 24.2. The number of carbonyl (C=O) groups is 2. The third-order valence-electron chi connectivity index (χ3n) is 5.78. The highest BCUT2D eigenvalue weighted by molar-refractivity contribution is 5.97. The predicted molar refractivity (Wildman–Crippen MR) is 135 cm³/mol. The van der Waals surface area contributed by atoms with E-state index in [-0.39, 0.29) is 11.8 Å². The van der Waals surface area contributed by atoms with Gasteiger partial charge in [0.15, 0.2) is 0 Å². The topological polar surface area (TPSA) is 67.1 Å². The normalized spacial score (nSPS) is 12.5. The number of rotatable bonds is 12. The van der Waals surface area contributed by atoms with Crippen LogP contribution in [0.5, 0.6) is 0 Å². The summed E-state index contributed by atoms with van der Waals surface area (Å²) in [6.45, 7) is 4.70. The first kappa shape index (κ1) is 25.1. The first-order chi connectivity index (χ1) is 16.5. The lowest BCUT2D eigenvalue weighted by atomic mass is 10.1. The van der Waals surface area contributed by atoms with Crippen molar-refractivity contribution in [2.24, 2.45) is 0 Å². The molecule has 0 spiro atoms. The van der Waals surface area contributed by atoms with Gasteiger partial charge in [0.1, 0.15) is 13.1 Å². The van der Waals surface area contributed by atoms with Gasteiger partial charge in [-0.3, -0.25) is 9.59 Å². The average molecular weight is 461 g/mol. The van der Waals surface area contributed by atoms with E-state index in [2.05, 4.69) is 49.0 Å². The van der Waals surface area contributed by atoms with Crippen molar-refractivity contribution < 1.29 is 19.4 Å². The molecule has 0 aliphatic rings. The van der Waals surface area contributed by atoms with E-state index < -0.39 is 0 Å². The smallest absolute Gasteiger partial charge is 0.251 e. The van der Waals surface area contributed by atoms with E-state index >= 15 is 0 Å². The molecule has 0 fully saturated rings. The minimum absolute atomic E-state index is 0.120. The molecule has 0 aromatic heterocycles. The zero-order valence-electron chi connectivity index (χ0n) is 20.1. The Kier molecular flexibility index (Phi) is 9.82. The van der Waals surface area contributed by atoms with E-state index in [1.165, 1.54) is 20.9 Å². The molecule has 34 heavy (non-hydrogen) atoms. The predicted octanol–water partition coefficient (Wildman–Crippen LogP) is 0.576. The Labute approximate surface area is 202 Å². The second-order valence-corrected chi connectivity index (χ2v) is 8.83. The molecule has 2 unspecified atom stereocenters. The lowest BCUT2D eigenvalue weighted by Gasteiger charge is -2.15. The molecule has 0 aliphatic carbocycles. The van der Waals surface area contributed by atoms with Crippen molar-refractivity contribution >= 4 is 11.8 Å². The molecule has 3 aromatic carbocycles. The maximum absolute atomic E-state index is 12.4. The van der Waals surface area contributed by atoms with Crippen molar-refractivity contribution in [2.45, 2.75) is 13.1 Å². The Morgan fingerprint density at radius 3 is 1.29 bits per heavy atom. The van der Waals surface area contributed by atoms with Gasteiger partial charge in [0.2, 0.25) is 0 Å². The molecule has 0 radical (unpaired) electrons. The molecule has 6 heteroatoms. The molecule has 6 nitrogen and oxygen atoms in total. The van der Waals surface area contributed by atoms with Crippen molar-refractivity contribution in [2.75, 3.05) is 40.3 Å². The Balaban J connectivity index is 1.36. The summed E-state index contributed by atoms with van der Waals surface area (Å²) in [6.07, 6.45) is 0. The fourth-order valence-corrected chi connectivity index (χ4v) is 3.82. The van der Waals surface area contributed by atoms with E-state index in [9.17, 15) is 9.59 Å². The van der Waals surface area contributed by atoms with Gasteiger partial charge in [-0.25, -0.2) is 0 Å². The first-order valence-electron chi connectivity index (χ1n) is 11.9. The van der Waals surface area contributed by atoms with Crippen LogP contribution in [0.15, 0.2) is 84.9 Å². The molecule has 2 amide bonds. The quantitative estimate of drug-likeness (QED) is 0.319. The number of quaternary nitrogens is 2. The highest BCUT2D eigenvalue weighted by Gasteiger charge is 2.11. The Bertz CT molecular complexity index is 939. The van der Waals surface area contributed by atoms with Crippen LogP contribution in [0, 0.1) is 0 Å². The zero-order valence-corrected chi connectivity index (χ0v) is 20.1. The van der Waals surface area contributed by atoms with Crippen LogP contribution in [0.3, 0.4) is 0 Å². The van der Waals surface area contributed by atoms with Crippen LogP contribution in [0.2, 0.25) is 0 Å². The minimum Gasteiger partial charge on any atom is -0.346 e. The second-order valence-electron chi connectivity index (χ2n) is 8.83. The lowest BCUT2D eigenvalue weighted by molar-refractivity contribution is -0.892. The molecular weight excluding hydrogens is 424 g/mol. The van der Waals surface area contributed by atoms with Gasteiger partial charge in [-0.05, 0) is 24.3 Å². The molecular formula is C28H36N4O2+2. The number of benzene rings is 3. The molecule has 178 valence electrons. The summed E-state index contributed by atoms with van der Waals surface area (Å²) in [5.74, 6) is -0.240. The molecule has 4 N–H and O–H groups in total. The van der Waals surface area contributed by atoms with Gasteiger partial charge in [0, 0.05) is 22.3 Å². The van der Waals surface area contributed by atoms with Gasteiger partial charge in [0.05, 0.1) is 40.3 Å². The number of carbonyl (C=O) groups excluding carboxylic acids is 2. The summed E-state index contributed by atoms with van der Waals surface area (Å²) in [4.78, 5) is 27.5. The number of likely N-dealkylation sites (N-methyl/N-ethyl adjacent to an activating group) is 2. The number of amides is 2. The molecule has 0 heterocycles. The van der Waals surface area contributed by atoms with Gasteiger partial charge in [0.25, 0.3) is 11.8 Å². The number of hydrogen-bond donors (Lipinski definition) is 4. The van der Waals surface area contributed by atoms with Crippen LogP contribution in [-0.2, 0) is 13.1 Å². The van der Waals surface area contributed by atoms with Crippen LogP contribution < -0.4 is 20.4 Å². The SMILES string of the molecule is C[NH+](CCNC(=O)c1ccc(C(=O)NCC[NH+](C)Cc2ccccc2)cc1)Cc1ccccc1. The van der Waals surface area contributed by atoms with Gasteiger partial charge < -0.3 is 20.4 Å². The third kappa shape index (κ3) is 8.46. The summed E-state index contributed by atoms with van der Waals surface area (Å²) in [6, 6.07) is 27.5. The largest absolute Gasteiger partial charge is 0.346 e. The van der Waals surface area contributed by atoms with Gasteiger partial charge in [-0.15, -0.1) is 0 Å². The molecule has 3 aromatic rings. The van der Waals surface area contributed by atoms with E-state index in [4.69, 9.17) is 0 Å². The summed E-state index contributed by atoms with van der Waals surface area (Å²) in [5, 5.41) is 5.94. The average Bonchev–Trinajstić information content (AvgIpc) is 2.85. The van der Waals surface area contributed by atoms with Gasteiger partial charge >= 0.3 is 0 Å². The summed E-state index contributed by atoms with van der Waals surface area (Å²) in [7, 11) is 4.24. The summed E-state index contributed by atoms with van der Waals surface area (Å²) >= 11 is 0. The van der Waals surface area contributed by atoms with Gasteiger partial charge in [-0.1, -0.05) is 60.7 Å². The Morgan fingerprint density at radius 1 is 0.588 bits per heavy atom. The van der Waals surface area contributed by atoms with Gasteiger partial charge in [-0.2, -0.15) is 0 Å². The molecule has 0 aliphatic heterocycles. The van der Waals surface area contributed by atoms with Crippen LogP contribution in [0.4, 0.5) is 0 Å². The number of nitrogens with one attached hydrogen (secondary N) is 4. The second kappa shape index (κ2) is 13.3. The standard InChI is InChI=1S/C28H34N4O2/c1-31(21-23-9-5-3-6-10-23)19-17-29-27(33)25-13-15-26(16-14-25)28(34)30-18-20-32(2)22-24-11-7-4-8-12-24/h3-16H,17-22H2,1-2H3,(H,29,33)(H,30,34)/p+2. The first-order valence-corrected chi connectivity index (χ1v) is 11.9. The van der Waals surface area contributed by atoms with Crippen molar-refractivity contribution in [1.82, 2.24) is 10.6 Å². The van der Waals surface area contributed by atoms with Crippen LogP contribution in [-0.4, -0.2) is 52.1 Å². The highest BCUT2D eigenvalue weighted by Crippen LogP contribution is 2.04. The van der Waals surface area contributed by atoms with Crippen LogP contribution >= 0.6 is 0 Å². The molecule has 3 rings (SSSR count). The monoisotopic (exact) mass is 460 g/mol. The molecule has 0 saturated carbocycles. The van der Waals surface area contributed by atoms with Crippen molar-refractivity contribution in [3.8, 4) is 0 Å². The lowest BCUT2D eigenvalue weighted by Crippen LogP contribution is -3.08. The molecule has 0 bridgehead atoms. The molecule has 0 saturated heterocycles. The van der Waals surface area contributed by atoms with Crippen molar-refractivity contribution in [3.63, 3.8) is 0 Å². The minimum atomic E-state index is -0.120. The Hall–Kier alpha value is -3.48. The Morgan fingerprint density at radius 2 is 0.941 bits per heavy atom. The van der Waals surface area contributed by atoms with Crippen LogP contribution in [0.1, 0.15) is 31.8 Å². The van der Waals surface area contributed by atoms with E-state index in [0.29, 0.717) is 24.2 Å². The van der Waals surface area contributed by atoms with E-state index in [0.717, 1.165) is 26.2 Å². The van der Waals surface area contributed by atoms with Crippen LogP contribution in [0.25, 0.3) is 0 Å². The summed E-state index contributed by atoms with van der Waals surface area (Å²) < 4.78 is 0. The highest BCUT2D eigenvalue weighted by atomic mass is 16.2. The third-order valence-corrected chi connectivity index (χ3v) is 5.78.